The number of hydrogen-bond donors (Lipinski definition) is 0. The summed E-state index contributed by atoms with van der Waals surface area (Å²) in [5.74, 6) is -0.573. The Morgan fingerprint density at radius 1 is 0.971 bits per heavy atom. The van der Waals surface area contributed by atoms with Gasteiger partial charge < -0.3 is 14.4 Å². The van der Waals surface area contributed by atoms with Crippen molar-refractivity contribution in [2.24, 2.45) is 0 Å². The zero-order valence-corrected chi connectivity index (χ0v) is 21.0. The number of esters is 1. The maximum absolute atomic E-state index is 13.5. The molecule has 1 amide bonds. The highest BCUT2D eigenvalue weighted by Crippen LogP contribution is 2.36. The molecule has 1 aliphatic heterocycles. The van der Waals surface area contributed by atoms with E-state index < -0.39 is 27.7 Å². The minimum Gasteiger partial charge on any atom is -0.466 e. The van der Waals surface area contributed by atoms with E-state index in [9.17, 15) is 18.0 Å². The molecule has 0 bridgehead atoms. The lowest BCUT2D eigenvalue weighted by Crippen LogP contribution is -2.41. The van der Waals surface area contributed by atoms with Gasteiger partial charge in [-0.2, -0.15) is 0 Å². The van der Waals surface area contributed by atoms with Crippen molar-refractivity contribution in [3.63, 3.8) is 0 Å². The molecule has 0 saturated carbocycles. The van der Waals surface area contributed by atoms with Crippen LogP contribution in [0, 0.1) is 0 Å². The second-order valence-corrected chi connectivity index (χ2v) is 11.1. The fraction of sp³-hybridized carbons (Fsp3) is 0.308. The van der Waals surface area contributed by atoms with E-state index in [1.807, 2.05) is 12.1 Å². The fourth-order valence-electron chi connectivity index (χ4n) is 4.15. The first-order valence-corrected chi connectivity index (χ1v) is 12.7. The Hall–Kier alpha value is -3.59. The molecule has 0 unspecified atom stereocenters. The van der Waals surface area contributed by atoms with Crippen LogP contribution in [-0.2, 0) is 24.3 Å². The Morgan fingerprint density at radius 2 is 1.63 bits per heavy atom. The van der Waals surface area contributed by atoms with Crippen LogP contribution >= 0.6 is 0 Å². The van der Waals surface area contributed by atoms with E-state index in [4.69, 9.17) is 9.47 Å². The highest BCUT2D eigenvalue weighted by Gasteiger charge is 2.32. The zero-order valence-electron chi connectivity index (χ0n) is 20.1. The van der Waals surface area contributed by atoms with Gasteiger partial charge in [0.25, 0.3) is 10.0 Å². The van der Waals surface area contributed by atoms with Crippen molar-refractivity contribution in [1.82, 2.24) is 8.87 Å². The van der Waals surface area contributed by atoms with E-state index in [0.29, 0.717) is 40.6 Å². The van der Waals surface area contributed by atoms with Crippen LogP contribution in [0.5, 0.6) is 0 Å². The van der Waals surface area contributed by atoms with Crippen LogP contribution in [0.3, 0.4) is 0 Å². The van der Waals surface area contributed by atoms with Crippen LogP contribution in [0.15, 0.2) is 71.3 Å². The number of para-hydroxylation sites is 1. The maximum Gasteiger partial charge on any atom is 0.410 e. The molecule has 0 N–H and O–H groups in total. The van der Waals surface area contributed by atoms with Crippen molar-refractivity contribution in [3.05, 3.63) is 71.9 Å². The maximum atomic E-state index is 13.5. The average Bonchev–Trinajstić information content (AvgIpc) is 3.23. The van der Waals surface area contributed by atoms with Crippen LogP contribution in [0.25, 0.3) is 16.5 Å². The van der Waals surface area contributed by atoms with Gasteiger partial charge in [-0.15, -0.1) is 0 Å². The van der Waals surface area contributed by atoms with Crippen molar-refractivity contribution >= 4 is 38.6 Å². The highest BCUT2D eigenvalue weighted by atomic mass is 32.2. The third-order valence-electron chi connectivity index (χ3n) is 5.73. The van der Waals surface area contributed by atoms with Gasteiger partial charge in [-0.3, -0.25) is 0 Å². The Bertz CT molecular complexity index is 1420. The molecule has 1 aromatic heterocycles. The SMILES string of the molecule is COC(=O)C1=C(c2cn(S(=O)(=O)c3ccccc3)c3ccccc23)CCN(C(=O)OC(C)(C)C)C1. The molecule has 3 aromatic rings. The average molecular weight is 497 g/mol. The monoisotopic (exact) mass is 496 g/mol. The highest BCUT2D eigenvalue weighted by molar-refractivity contribution is 7.90. The Labute approximate surface area is 204 Å². The number of benzene rings is 2. The molecule has 2 aromatic carbocycles. The summed E-state index contributed by atoms with van der Waals surface area (Å²) in [4.78, 5) is 27.1. The Balaban J connectivity index is 1.85. The molecule has 4 rings (SSSR count). The number of fused-ring (bicyclic) bond motifs is 1. The number of nitrogens with zero attached hydrogens (tertiary/aromatic N) is 2. The number of carbonyl (C=O) groups is 2. The first kappa shape index (κ1) is 24.5. The first-order valence-electron chi connectivity index (χ1n) is 11.2. The van der Waals surface area contributed by atoms with E-state index in [1.165, 1.54) is 16.0 Å². The Morgan fingerprint density at radius 3 is 2.29 bits per heavy atom. The standard InChI is InChI=1S/C26H28N2O6S/c1-26(2,3)34-25(30)27-15-14-19(22(16-27)24(29)33-4)21-17-28(23-13-9-8-12-20(21)23)35(31,32)18-10-6-5-7-11-18/h5-13,17H,14-16H2,1-4H3. The van der Waals surface area contributed by atoms with Crippen molar-refractivity contribution in [3.8, 4) is 0 Å². The molecule has 2 heterocycles. The first-order chi connectivity index (χ1) is 16.5. The van der Waals surface area contributed by atoms with Crippen LogP contribution in [0.1, 0.15) is 32.8 Å². The molecule has 0 saturated heterocycles. The third-order valence-corrected chi connectivity index (χ3v) is 7.42. The normalized spacial score (nSPS) is 14.8. The largest absolute Gasteiger partial charge is 0.466 e. The minimum atomic E-state index is -3.88. The lowest BCUT2D eigenvalue weighted by molar-refractivity contribution is -0.136. The molecular weight excluding hydrogens is 468 g/mol. The summed E-state index contributed by atoms with van der Waals surface area (Å²) in [5.41, 5.74) is 1.38. The molecule has 35 heavy (non-hydrogen) atoms. The van der Waals surface area contributed by atoms with E-state index in [0.717, 1.165) is 0 Å². The van der Waals surface area contributed by atoms with E-state index in [2.05, 4.69) is 0 Å². The van der Waals surface area contributed by atoms with Crippen LogP contribution in [-0.4, -0.2) is 55.2 Å². The number of carbonyl (C=O) groups excluding carboxylic acids is 2. The predicted molar refractivity (Wildman–Crippen MR) is 132 cm³/mol. The van der Waals surface area contributed by atoms with Gasteiger partial charge in [0.15, 0.2) is 0 Å². The molecular formula is C26H28N2O6S. The summed E-state index contributed by atoms with van der Waals surface area (Å²) in [6.07, 6.45) is 1.37. The lowest BCUT2D eigenvalue weighted by Gasteiger charge is -2.31. The number of ether oxygens (including phenoxy) is 2. The number of aromatic nitrogens is 1. The molecule has 9 heteroatoms. The molecule has 184 valence electrons. The van der Waals surface area contributed by atoms with Crippen molar-refractivity contribution < 1.29 is 27.5 Å². The topological polar surface area (TPSA) is 94.9 Å². The van der Waals surface area contributed by atoms with Gasteiger partial charge in [-0.25, -0.2) is 22.0 Å². The molecule has 0 atom stereocenters. The molecule has 0 fully saturated rings. The van der Waals surface area contributed by atoms with Crippen molar-refractivity contribution in [2.75, 3.05) is 20.2 Å². The summed E-state index contributed by atoms with van der Waals surface area (Å²) in [6, 6.07) is 15.3. The molecule has 0 radical (unpaired) electrons. The predicted octanol–water partition coefficient (Wildman–Crippen LogP) is 4.45. The van der Waals surface area contributed by atoms with Gasteiger partial charge in [0.2, 0.25) is 0 Å². The summed E-state index contributed by atoms with van der Waals surface area (Å²) >= 11 is 0. The van der Waals surface area contributed by atoms with Gasteiger partial charge in [0.1, 0.15) is 5.60 Å². The van der Waals surface area contributed by atoms with E-state index >= 15 is 0 Å². The number of methoxy groups -OCH3 is 1. The summed E-state index contributed by atoms with van der Waals surface area (Å²) in [7, 11) is -2.60. The van der Waals surface area contributed by atoms with Gasteiger partial charge in [0.05, 0.1) is 29.6 Å². The van der Waals surface area contributed by atoms with Gasteiger partial charge in [0, 0.05) is 23.7 Å². The second-order valence-electron chi connectivity index (χ2n) is 9.27. The van der Waals surface area contributed by atoms with Crippen LogP contribution in [0.4, 0.5) is 4.79 Å². The van der Waals surface area contributed by atoms with Crippen molar-refractivity contribution in [2.45, 2.75) is 37.7 Å². The van der Waals surface area contributed by atoms with Gasteiger partial charge in [-0.05, 0) is 51.0 Å². The van der Waals surface area contributed by atoms with Crippen molar-refractivity contribution in [1.29, 1.82) is 0 Å². The van der Waals surface area contributed by atoms with Gasteiger partial charge in [-0.1, -0.05) is 36.4 Å². The van der Waals surface area contributed by atoms with Gasteiger partial charge >= 0.3 is 12.1 Å². The summed E-state index contributed by atoms with van der Waals surface area (Å²) in [6.45, 7) is 5.65. The summed E-state index contributed by atoms with van der Waals surface area (Å²) < 4.78 is 38.7. The van der Waals surface area contributed by atoms with E-state index in [1.54, 1.807) is 69.4 Å². The summed E-state index contributed by atoms with van der Waals surface area (Å²) in [5, 5.41) is 0.689. The fourth-order valence-corrected chi connectivity index (χ4v) is 5.54. The minimum absolute atomic E-state index is 0.00185. The molecule has 0 aliphatic carbocycles. The zero-order chi connectivity index (χ0) is 25.4. The molecule has 8 nitrogen and oxygen atoms in total. The number of hydrogen-bond acceptors (Lipinski definition) is 6. The Kier molecular flexibility index (Phi) is 6.46. The number of rotatable bonds is 4. The van der Waals surface area contributed by atoms with Crippen LogP contribution in [0.2, 0.25) is 0 Å². The second kappa shape index (κ2) is 9.22. The van der Waals surface area contributed by atoms with E-state index in [-0.39, 0.29) is 11.4 Å². The quantitative estimate of drug-likeness (QED) is 0.496. The molecule has 1 aliphatic rings. The van der Waals surface area contributed by atoms with Crippen LogP contribution < -0.4 is 0 Å². The number of amides is 1. The molecule has 0 spiro atoms. The smallest absolute Gasteiger partial charge is 0.410 e. The third kappa shape index (κ3) is 4.81. The lowest BCUT2D eigenvalue weighted by atomic mass is 9.93.